The first-order valence-electron chi connectivity index (χ1n) is 6.49. The monoisotopic (exact) mass is 286 g/mol. The number of aryl methyl sites for hydroxylation is 1. The van der Waals surface area contributed by atoms with Gasteiger partial charge in [0, 0.05) is 5.56 Å². The van der Waals surface area contributed by atoms with Crippen molar-refractivity contribution in [3.05, 3.63) is 59.2 Å². The molecule has 0 saturated heterocycles. The van der Waals surface area contributed by atoms with Gasteiger partial charge in [-0.15, -0.1) is 0 Å². The molecule has 21 heavy (non-hydrogen) atoms. The highest BCUT2D eigenvalue weighted by Gasteiger charge is 2.09. The van der Waals surface area contributed by atoms with Crippen molar-refractivity contribution in [2.24, 2.45) is 10.9 Å². The fourth-order valence-electron chi connectivity index (χ4n) is 1.93. The number of amidine groups is 1. The molecule has 0 amide bonds. The summed E-state index contributed by atoms with van der Waals surface area (Å²) in [6.07, 6.45) is 0. The summed E-state index contributed by atoms with van der Waals surface area (Å²) in [5.41, 5.74) is 8.41. The van der Waals surface area contributed by atoms with E-state index in [1.165, 1.54) is 5.56 Å². The SMILES string of the molecule is COc1cc(C(N)=NO)ccc1OCc1ccccc1C. The Bertz CT molecular complexity index is 654. The van der Waals surface area contributed by atoms with Crippen molar-refractivity contribution in [2.45, 2.75) is 13.5 Å². The molecule has 2 aromatic carbocycles. The van der Waals surface area contributed by atoms with Crippen LogP contribution in [-0.2, 0) is 6.61 Å². The maximum absolute atomic E-state index is 8.69. The van der Waals surface area contributed by atoms with Crippen molar-refractivity contribution < 1.29 is 14.7 Å². The van der Waals surface area contributed by atoms with E-state index in [1.54, 1.807) is 25.3 Å². The van der Waals surface area contributed by atoms with Gasteiger partial charge in [0.2, 0.25) is 0 Å². The summed E-state index contributed by atoms with van der Waals surface area (Å²) < 4.78 is 11.1. The van der Waals surface area contributed by atoms with Crippen LogP contribution in [0, 0.1) is 6.92 Å². The summed E-state index contributed by atoms with van der Waals surface area (Å²) in [6.45, 7) is 2.49. The average Bonchev–Trinajstić information content (AvgIpc) is 2.53. The maximum atomic E-state index is 8.69. The average molecular weight is 286 g/mol. The Morgan fingerprint density at radius 2 is 1.95 bits per heavy atom. The second kappa shape index (κ2) is 6.65. The Kier molecular flexibility index (Phi) is 4.66. The molecule has 0 spiro atoms. The predicted molar refractivity (Wildman–Crippen MR) is 81.0 cm³/mol. The van der Waals surface area contributed by atoms with E-state index >= 15 is 0 Å². The first-order valence-corrected chi connectivity index (χ1v) is 6.49. The largest absolute Gasteiger partial charge is 0.493 e. The second-order valence-corrected chi connectivity index (χ2v) is 4.57. The third-order valence-electron chi connectivity index (χ3n) is 3.21. The number of oxime groups is 1. The zero-order chi connectivity index (χ0) is 15.2. The summed E-state index contributed by atoms with van der Waals surface area (Å²) in [6, 6.07) is 13.1. The van der Waals surface area contributed by atoms with Crippen LogP contribution in [0.25, 0.3) is 0 Å². The van der Waals surface area contributed by atoms with E-state index in [-0.39, 0.29) is 5.84 Å². The van der Waals surface area contributed by atoms with Crippen LogP contribution in [0.2, 0.25) is 0 Å². The number of nitrogens with zero attached hydrogens (tertiary/aromatic N) is 1. The summed E-state index contributed by atoms with van der Waals surface area (Å²) in [5.74, 6) is 1.17. The van der Waals surface area contributed by atoms with Crippen molar-refractivity contribution in [3.8, 4) is 11.5 Å². The van der Waals surface area contributed by atoms with Gasteiger partial charge in [-0.25, -0.2) is 0 Å². The molecule has 5 heteroatoms. The standard InChI is InChI=1S/C16H18N2O3/c1-11-5-3-4-6-13(11)10-21-14-8-7-12(16(17)18-19)9-15(14)20-2/h3-9,19H,10H2,1-2H3,(H2,17,18). The first-order chi connectivity index (χ1) is 10.2. The quantitative estimate of drug-likeness (QED) is 0.383. The van der Waals surface area contributed by atoms with Gasteiger partial charge >= 0.3 is 0 Å². The molecule has 0 unspecified atom stereocenters. The molecule has 0 fully saturated rings. The van der Waals surface area contributed by atoms with E-state index in [4.69, 9.17) is 20.4 Å². The van der Waals surface area contributed by atoms with Crippen molar-refractivity contribution in [3.63, 3.8) is 0 Å². The summed E-state index contributed by atoms with van der Waals surface area (Å²) in [7, 11) is 1.55. The molecule has 2 rings (SSSR count). The topological polar surface area (TPSA) is 77.1 Å². The summed E-state index contributed by atoms with van der Waals surface area (Å²) in [5, 5.41) is 11.7. The molecular weight excluding hydrogens is 268 g/mol. The van der Waals surface area contributed by atoms with Crippen molar-refractivity contribution in [1.29, 1.82) is 0 Å². The van der Waals surface area contributed by atoms with E-state index < -0.39 is 0 Å². The van der Waals surface area contributed by atoms with Gasteiger partial charge in [-0.3, -0.25) is 0 Å². The van der Waals surface area contributed by atoms with E-state index in [0.29, 0.717) is 23.7 Å². The molecular formula is C16H18N2O3. The van der Waals surface area contributed by atoms with Crippen molar-refractivity contribution in [2.75, 3.05) is 7.11 Å². The smallest absolute Gasteiger partial charge is 0.170 e. The third kappa shape index (κ3) is 3.45. The highest BCUT2D eigenvalue weighted by Crippen LogP contribution is 2.29. The van der Waals surface area contributed by atoms with Gasteiger partial charge < -0.3 is 20.4 Å². The minimum Gasteiger partial charge on any atom is -0.493 e. The maximum Gasteiger partial charge on any atom is 0.170 e. The van der Waals surface area contributed by atoms with Gasteiger partial charge in [0.05, 0.1) is 7.11 Å². The fourth-order valence-corrected chi connectivity index (χ4v) is 1.93. The Balaban J connectivity index is 2.19. The van der Waals surface area contributed by atoms with Crippen LogP contribution in [0.5, 0.6) is 11.5 Å². The number of methoxy groups -OCH3 is 1. The highest BCUT2D eigenvalue weighted by molar-refractivity contribution is 5.97. The van der Waals surface area contributed by atoms with E-state index in [9.17, 15) is 0 Å². The zero-order valence-corrected chi connectivity index (χ0v) is 12.0. The number of rotatable bonds is 5. The van der Waals surface area contributed by atoms with Gasteiger partial charge in [-0.05, 0) is 36.2 Å². The molecule has 0 saturated carbocycles. The molecule has 0 radical (unpaired) electrons. The van der Waals surface area contributed by atoms with Crippen LogP contribution in [0.1, 0.15) is 16.7 Å². The third-order valence-corrected chi connectivity index (χ3v) is 3.21. The highest BCUT2D eigenvalue weighted by atomic mass is 16.5. The van der Waals surface area contributed by atoms with E-state index in [1.807, 2.05) is 31.2 Å². The Morgan fingerprint density at radius 3 is 2.62 bits per heavy atom. The van der Waals surface area contributed by atoms with Gasteiger partial charge in [-0.1, -0.05) is 29.4 Å². The van der Waals surface area contributed by atoms with Crippen LogP contribution in [0.3, 0.4) is 0 Å². The van der Waals surface area contributed by atoms with Gasteiger partial charge in [0.25, 0.3) is 0 Å². The van der Waals surface area contributed by atoms with Crippen LogP contribution >= 0.6 is 0 Å². The molecule has 0 heterocycles. The second-order valence-electron chi connectivity index (χ2n) is 4.57. The van der Waals surface area contributed by atoms with Crippen LogP contribution < -0.4 is 15.2 Å². The molecule has 0 aromatic heterocycles. The zero-order valence-electron chi connectivity index (χ0n) is 12.0. The Morgan fingerprint density at radius 1 is 1.19 bits per heavy atom. The molecule has 110 valence electrons. The lowest BCUT2D eigenvalue weighted by Gasteiger charge is -2.13. The molecule has 2 aromatic rings. The predicted octanol–water partition coefficient (Wildman–Crippen LogP) is 2.68. The van der Waals surface area contributed by atoms with Gasteiger partial charge in [0.1, 0.15) is 6.61 Å². The van der Waals surface area contributed by atoms with Crippen molar-refractivity contribution in [1.82, 2.24) is 0 Å². The van der Waals surface area contributed by atoms with Gasteiger partial charge in [-0.2, -0.15) is 0 Å². The molecule has 0 aliphatic rings. The lowest BCUT2D eigenvalue weighted by Crippen LogP contribution is -2.13. The molecule has 0 aliphatic carbocycles. The number of hydrogen-bond acceptors (Lipinski definition) is 4. The fraction of sp³-hybridized carbons (Fsp3) is 0.188. The first kappa shape index (κ1) is 14.7. The number of hydrogen-bond donors (Lipinski definition) is 2. The minimum atomic E-state index is 0.0266. The molecule has 0 atom stereocenters. The molecule has 0 aliphatic heterocycles. The minimum absolute atomic E-state index is 0.0266. The number of ether oxygens (including phenoxy) is 2. The number of nitrogens with two attached hydrogens (primary N) is 1. The summed E-state index contributed by atoms with van der Waals surface area (Å²) in [4.78, 5) is 0. The summed E-state index contributed by atoms with van der Waals surface area (Å²) >= 11 is 0. The number of benzene rings is 2. The van der Waals surface area contributed by atoms with E-state index in [2.05, 4.69) is 5.16 Å². The lowest BCUT2D eigenvalue weighted by molar-refractivity contribution is 0.284. The molecule has 0 bridgehead atoms. The normalized spacial score (nSPS) is 11.2. The van der Waals surface area contributed by atoms with Crippen LogP contribution in [-0.4, -0.2) is 18.2 Å². The Labute approximate surface area is 123 Å². The molecule has 5 nitrogen and oxygen atoms in total. The Hall–Kier alpha value is -2.69. The van der Waals surface area contributed by atoms with Crippen molar-refractivity contribution >= 4 is 5.84 Å². The van der Waals surface area contributed by atoms with E-state index in [0.717, 1.165) is 5.56 Å². The molecule has 3 N–H and O–H groups in total. The van der Waals surface area contributed by atoms with Crippen LogP contribution in [0.15, 0.2) is 47.6 Å². The van der Waals surface area contributed by atoms with Gasteiger partial charge in [0.15, 0.2) is 17.3 Å². The van der Waals surface area contributed by atoms with Crippen LogP contribution in [0.4, 0.5) is 0 Å². The lowest BCUT2D eigenvalue weighted by atomic mass is 10.1.